The number of nitrogen functional groups attached to an aromatic ring is 1. The maximum absolute atomic E-state index is 12.0. The number of rotatable bonds is 4. The fourth-order valence-electron chi connectivity index (χ4n) is 2.12. The van der Waals surface area contributed by atoms with Gasteiger partial charge in [0, 0.05) is 5.69 Å². The number of carbonyl (C=O) groups is 1. The summed E-state index contributed by atoms with van der Waals surface area (Å²) in [6.45, 7) is 4.01. The topological polar surface area (TPSA) is 130 Å². The maximum Gasteiger partial charge on any atom is 0.278 e. The summed E-state index contributed by atoms with van der Waals surface area (Å²) in [5.74, 6) is -0.00623. The highest BCUT2D eigenvalue weighted by atomic mass is 32.2. The number of hydrogen-bond acceptors (Lipinski definition) is 6. The number of nitrogens with two attached hydrogens (primary N) is 1. The molecular formula is C15H16N6O2S. The zero-order valence-electron chi connectivity index (χ0n) is 13.1. The van der Waals surface area contributed by atoms with Crippen LogP contribution in [0, 0.1) is 13.8 Å². The molecule has 2 heterocycles. The van der Waals surface area contributed by atoms with Crippen molar-refractivity contribution in [3.63, 3.8) is 0 Å². The average molecular weight is 344 g/mol. The lowest BCUT2D eigenvalue weighted by atomic mass is 10.1. The first-order valence-corrected chi connectivity index (χ1v) is 8.16. The zero-order valence-corrected chi connectivity index (χ0v) is 14.0. The molecule has 0 spiro atoms. The van der Waals surface area contributed by atoms with E-state index in [0.717, 1.165) is 11.3 Å². The molecule has 0 aliphatic heterocycles. The Hall–Kier alpha value is -2.81. The number of carbonyl (C=O) groups excluding carboxylic acids is 1. The second kappa shape index (κ2) is 6.36. The van der Waals surface area contributed by atoms with Crippen LogP contribution in [0.15, 0.2) is 28.2 Å². The summed E-state index contributed by atoms with van der Waals surface area (Å²) in [7, 11) is 0. The minimum absolute atomic E-state index is 0.00281. The predicted octanol–water partition coefficient (Wildman–Crippen LogP) is 1.58. The first-order valence-electron chi connectivity index (χ1n) is 7.18. The van der Waals surface area contributed by atoms with Crippen LogP contribution in [0.4, 0.5) is 11.6 Å². The van der Waals surface area contributed by atoms with Gasteiger partial charge in [0.15, 0.2) is 16.3 Å². The molecule has 0 atom stereocenters. The molecule has 0 radical (unpaired) electrons. The van der Waals surface area contributed by atoms with Gasteiger partial charge in [0.1, 0.15) is 0 Å². The number of imidazole rings is 1. The summed E-state index contributed by atoms with van der Waals surface area (Å²) in [6, 6.07) is 5.74. The molecule has 124 valence electrons. The van der Waals surface area contributed by atoms with E-state index in [0.29, 0.717) is 5.16 Å². The standard InChI is InChI=1S/C15H16N6O2S/c1-7-3-4-9(5-8(7)2)17-10(22)6-24-15-18-11-12(20-15)19-14(16)21-13(11)23/h3-5H,6H2,1-2H3,(H,17,22)(H4,16,18,19,20,21,23). The molecular weight excluding hydrogens is 328 g/mol. The molecule has 1 amide bonds. The van der Waals surface area contributed by atoms with Crippen LogP contribution in [0.2, 0.25) is 0 Å². The zero-order chi connectivity index (χ0) is 17.3. The molecule has 9 heteroatoms. The normalized spacial score (nSPS) is 10.9. The number of aromatic amines is 2. The number of hydrogen-bond donors (Lipinski definition) is 4. The molecule has 24 heavy (non-hydrogen) atoms. The summed E-state index contributed by atoms with van der Waals surface area (Å²) in [5.41, 5.74) is 8.58. The van der Waals surface area contributed by atoms with E-state index in [1.54, 1.807) is 0 Å². The van der Waals surface area contributed by atoms with E-state index < -0.39 is 5.56 Å². The Labute approximate surface area is 141 Å². The molecule has 0 aliphatic rings. The molecule has 0 aliphatic carbocycles. The van der Waals surface area contributed by atoms with E-state index in [-0.39, 0.29) is 28.8 Å². The molecule has 0 bridgehead atoms. The Morgan fingerprint density at radius 3 is 2.79 bits per heavy atom. The Bertz CT molecular complexity index is 978. The Morgan fingerprint density at radius 2 is 2.04 bits per heavy atom. The van der Waals surface area contributed by atoms with Gasteiger partial charge in [-0.25, -0.2) is 4.98 Å². The summed E-state index contributed by atoms with van der Waals surface area (Å²) < 4.78 is 0. The molecule has 3 aromatic rings. The lowest BCUT2D eigenvalue weighted by Gasteiger charge is -2.07. The van der Waals surface area contributed by atoms with Crippen LogP contribution in [0.5, 0.6) is 0 Å². The molecule has 0 saturated heterocycles. The highest BCUT2D eigenvalue weighted by molar-refractivity contribution is 7.99. The SMILES string of the molecule is Cc1ccc(NC(=O)CSc2nc3nc(N)[nH]c(=O)c3[nH]2)cc1C. The number of fused-ring (bicyclic) bond motifs is 1. The first-order chi connectivity index (χ1) is 11.4. The molecule has 0 fully saturated rings. The highest BCUT2D eigenvalue weighted by Gasteiger charge is 2.11. The van der Waals surface area contributed by atoms with Crippen molar-refractivity contribution in [2.75, 3.05) is 16.8 Å². The van der Waals surface area contributed by atoms with Crippen LogP contribution >= 0.6 is 11.8 Å². The molecule has 2 aromatic heterocycles. The Kier molecular flexibility index (Phi) is 4.26. The van der Waals surface area contributed by atoms with Crippen molar-refractivity contribution in [3.8, 4) is 0 Å². The lowest BCUT2D eigenvalue weighted by Crippen LogP contribution is -2.14. The predicted molar refractivity (Wildman–Crippen MR) is 94.2 cm³/mol. The van der Waals surface area contributed by atoms with Crippen molar-refractivity contribution in [2.24, 2.45) is 0 Å². The van der Waals surface area contributed by atoms with Crippen molar-refractivity contribution in [1.82, 2.24) is 19.9 Å². The molecule has 0 saturated carbocycles. The molecule has 5 N–H and O–H groups in total. The number of aromatic nitrogens is 4. The number of H-pyrrole nitrogens is 2. The van der Waals surface area contributed by atoms with Crippen molar-refractivity contribution >= 4 is 40.5 Å². The average Bonchev–Trinajstić information content (AvgIpc) is 2.92. The van der Waals surface area contributed by atoms with Crippen LogP contribution < -0.4 is 16.6 Å². The highest BCUT2D eigenvalue weighted by Crippen LogP contribution is 2.18. The van der Waals surface area contributed by atoms with Gasteiger partial charge in [-0.3, -0.25) is 14.6 Å². The number of benzene rings is 1. The maximum atomic E-state index is 12.0. The summed E-state index contributed by atoms with van der Waals surface area (Å²) >= 11 is 1.18. The minimum atomic E-state index is -0.392. The van der Waals surface area contributed by atoms with Gasteiger partial charge in [0.25, 0.3) is 5.56 Å². The number of nitrogens with one attached hydrogen (secondary N) is 3. The van der Waals surface area contributed by atoms with Gasteiger partial charge in [-0.05, 0) is 37.1 Å². The van der Waals surface area contributed by atoms with Gasteiger partial charge < -0.3 is 16.0 Å². The Morgan fingerprint density at radius 1 is 1.25 bits per heavy atom. The number of anilines is 2. The molecule has 3 rings (SSSR count). The molecule has 8 nitrogen and oxygen atoms in total. The second-order valence-corrected chi connectivity index (χ2v) is 6.29. The first kappa shape index (κ1) is 16.1. The number of nitrogens with zero attached hydrogens (tertiary/aromatic N) is 2. The third kappa shape index (κ3) is 3.40. The van der Waals surface area contributed by atoms with Gasteiger partial charge in [-0.1, -0.05) is 17.8 Å². The quantitative estimate of drug-likeness (QED) is 0.532. The van der Waals surface area contributed by atoms with Gasteiger partial charge in [0.05, 0.1) is 5.75 Å². The largest absolute Gasteiger partial charge is 0.369 e. The monoisotopic (exact) mass is 344 g/mol. The van der Waals surface area contributed by atoms with Crippen LogP contribution in [0.25, 0.3) is 11.2 Å². The van der Waals surface area contributed by atoms with Gasteiger partial charge in [0.2, 0.25) is 11.9 Å². The molecule has 0 unspecified atom stereocenters. The number of thioether (sulfide) groups is 1. The van der Waals surface area contributed by atoms with E-state index in [9.17, 15) is 9.59 Å². The summed E-state index contributed by atoms with van der Waals surface area (Å²) in [4.78, 5) is 37.1. The third-order valence-corrected chi connectivity index (χ3v) is 4.36. The third-order valence-electron chi connectivity index (χ3n) is 3.49. The van der Waals surface area contributed by atoms with Crippen molar-refractivity contribution in [2.45, 2.75) is 19.0 Å². The minimum Gasteiger partial charge on any atom is -0.369 e. The van der Waals surface area contributed by atoms with Gasteiger partial charge >= 0.3 is 0 Å². The summed E-state index contributed by atoms with van der Waals surface area (Å²) in [6.07, 6.45) is 0. The Balaban J connectivity index is 1.67. The lowest BCUT2D eigenvalue weighted by molar-refractivity contribution is -0.113. The van der Waals surface area contributed by atoms with Crippen molar-refractivity contribution < 1.29 is 4.79 Å². The van der Waals surface area contributed by atoms with Crippen LogP contribution in [0.3, 0.4) is 0 Å². The number of amides is 1. The molecule has 1 aromatic carbocycles. The summed E-state index contributed by atoms with van der Waals surface area (Å²) in [5, 5.41) is 3.26. The van der Waals surface area contributed by atoms with Crippen molar-refractivity contribution in [3.05, 3.63) is 39.7 Å². The van der Waals surface area contributed by atoms with E-state index in [1.165, 1.54) is 17.3 Å². The number of aryl methyl sites for hydroxylation is 2. The van der Waals surface area contributed by atoms with Crippen LogP contribution in [-0.4, -0.2) is 31.6 Å². The fraction of sp³-hybridized carbons (Fsp3) is 0.200. The van der Waals surface area contributed by atoms with Crippen LogP contribution in [0.1, 0.15) is 11.1 Å². The van der Waals surface area contributed by atoms with E-state index in [1.807, 2.05) is 32.0 Å². The van der Waals surface area contributed by atoms with Crippen molar-refractivity contribution in [1.29, 1.82) is 0 Å². The fourth-order valence-corrected chi connectivity index (χ4v) is 2.79. The van der Waals surface area contributed by atoms with E-state index >= 15 is 0 Å². The smallest absolute Gasteiger partial charge is 0.278 e. The van der Waals surface area contributed by atoms with E-state index in [4.69, 9.17) is 5.73 Å². The second-order valence-electron chi connectivity index (χ2n) is 5.33. The van der Waals surface area contributed by atoms with E-state index in [2.05, 4.69) is 25.3 Å². The van der Waals surface area contributed by atoms with Gasteiger partial charge in [-0.15, -0.1) is 0 Å². The van der Waals surface area contributed by atoms with Crippen LogP contribution in [-0.2, 0) is 4.79 Å². The van der Waals surface area contributed by atoms with Gasteiger partial charge in [-0.2, -0.15) is 4.98 Å².